The molecule has 58 valence electrons. The summed E-state index contributed by atoms with van der Waals surface area (Å²) >= 11 is 5.87. The molecule has 1 heterocycles. The van der Waals surface area contributed by atoms with Crippen LogP contribution in [-0.4, -0.2) is 6.79 Å². The van der Waals surface area contributed by atoms with Crippen LogP contribution in [-0.2, 0) is 9.47 Å². The van der Waals surface area contributed by atoms with E-state index in [2.05, 4.69) is 0 Å². The molecule has 0 aromatic heterocycles. The van der Waals surface area contributed by atoms with E-state index in [1.165, 1.54) is 0 Å². The van der Waals surface area contributed by atoms with Crippen LogP contribution < -0.4 is 0 Å². The maximum Gasteiger partial charge on any atom is 0.190 e. The third-order valence-electron chi connectivity index (χ3n) is 1.60. The second kappa shape index (κ2) is 2.81. The summed E-state index contributed by atoms with van der Waals surface area (Å²) < 4.78 is 10.2. The Balaban J connectivity index is 2.28. The minimum absolute atomic E-state index is 0.247. The van der Waals surface area contributed by atoms with Crippen LogP contribution in [0.25, 0.3) is 0 Å². The number of rotatable bonds is 1. The molecule has 11 heavy (non-hydrogen) atoms. The van der Waals surface area contributed by atoms with E-state index in [4.69, 9.17) is 21.1 Å². The van der Waals surface area contributed by atoms with Gasteiger partial charge in [0.2, 0.25) is 0 Å². The predicted octanol–water partition coefficient (Wildman–Crippen LogP) is 2.34. The largest absolute Gasteiger partial charge is 0.322 e. The number of ether oxygens (including phenoxy) is 2. The lowest BCUT2D eigenvalue weighted by molar-refractivity contribution is -0.326. The summed E-state index contributed by atoms with van der Waals surface area (Å²) in [5, 5.41) is 0.692. The minimum atomic E-state index is -0.247. The fourth-order valence-electron chi connectivity index (χ4n) is 0.982. The van der Waals surface area contributed by atoms with Crippen LogP contribution in [0.2, 0.25) is 5.02 Å². The summed E-state index contributed by atoms with van der Waals surface area (Å²) in [6.45, 7) is 0.371. The Morgan fingerprint density at radius 3 is 2.55 bits per heavy atom. The first-order chi connectivity index (χ1) is 5.38. The van der Waals surface area contributed by atoms with Crippen molar-refractivity contribution >= 4 is 11.6 Å². The van der Waals surface area contributed by atoms with Crippen molar-refractivity contribution in [3.63, 3.8) is 0 Å². The normalized spacial score (nSPS) is 17.9. The second-order valence-corrected chi connectivity index (χ2v) is 2.71. The minimum Gasteiger partial charge on any atom is -0.322 e. The molecule has 1 saturated heterocycles. The van der Waals surface area contributed by atoms with Crippen molar-refractivity contribution in [1.29, 1.82) is 0 Å². The average molecular weight is 171 g/mol. The Bertz CT molecular complexity index is 258. The number of benzene rings is 1. The molecule has 1 aromatic rings. The highest BCUT2D eigenvalue weighted by atomic mass is 35.5. The van der Waals surface area contributed by atoms with Gasteiger partial charge in [0.1, 0.15) is 0 Å². The number of hydrogen-bond donors (Lipinski definition) is 0. The zero-order valence-corrected chi connectivity index (χ0v) is 6.54. The first-order valence-corrected chi connectivity index (χ1v) is 3.73. The van der Waals surface area contributed by atoms with Gasteiger partial charge >= 0.3 is 0 Å². The predicted molar refractivity (Wildman–Crippen MR) is 41.2 cm³/mol. The SMILES string of the molecule is Clc1ccccc1C1OCO1. The first-order valence-electron chi connectivity index (χ1n) is 3.35. The monoisotopic (exact) mass is 170 g/mol. The highest BCUT2D eigenvalue weighted by Crippen LogP contribution is 2.30. The van der Waals surface area contributed by atoms with Gasteiger partial charge in [-0.05, 0) is 6.07 Å². The van der Waals surface area contributed by atoms with Crippen LogP contribution >= 0.6 is 11.6 Å². The Hall–Kier alpha value is -0.570. The summed E-state index contributed by atoms with van der Waals surface area (Å²) in [4.78, 5) is 0. The highest BCUT2D eigenvalue weighted by molar-refractivity contribution is 6.31. The zero-order valence-electron chi connectivity index (χ0n) is 5.79. The van der Waals surface area contributed by atoms with E-state index in [0.29, 0.717) is 11.8 Å². The maximum absolute atomic E-state index is 5.87. The Labute approximate surface area is 69.7 Å². The summed E-state index contributed by atoms with van der Waals surface area (Å²) in [7, 11) is 0. The van der Waals surface area contributed by atoms with Gasteiger partial charge in [-0.15, -0.1) is 0 Å². The maximum atomic E-state index is 5.87. The van der Waals surface area contributed by atoms with Crippen molar-refractivity contribution in [3.8, 4) is 0 Å². The molecule has 0 saturated carbocycles. The second-order valence-electron chi connectivity index (χ2n) is 2.30. The van der Waals surface area contributed by atoms with E-state index in [-0.39, 0.29) is 6.29 Å². The van der Waals surface area contributed by atoms with E-state index in [1.807, 2.05) is 24.3 Å². The molecular weight excluding hydrogens is 164 g/mol. The van der Waals surface area contributed by atoms with Gasteiger partial charge in [0.15, 0.2) is 13.1 Å². The van der Waals surface area contributed by atoms with Crippen molar-refractivity contribution in [1.82, 2.24) is 0 Å². The fraction of sp³-hybridized carbons (Fsp3) is 0.250. The van der Waals surface area contributed by atoms with Gasteiger partial charge in [-0.25, -0.2) is 0 Å². The van der Waals surface area contributed by atoms with E-state index in [0.717, 1.165) is 5.56 Å². The van der Waals surface area contributed by atoms with Crippen molar-refractivity contribution in [2.45, 2.75) is 6.29 Å². The Morgan fingerprint density at radius 2 is 2.00 bits per heavy atom. The van der Waals surface area contributed by atoms with Gasteiger partial charge in [0, 0.05) is 10.6 Å². The van der Waals surface area contributed by atoms with Crippen LogP contribution in [0.15, 0.2) is 24.3 Å². The highest BCUT2D eigenvalue weighted by Gasteiger charge is 2.22. The van der Waals surface area contributed by atoms with Crippen LogP contribution in [0.5, 0.6) is 0 Å². The molecule has 1 aliphatic heterocycles. The van der Waals surface area contributed by atoms with Gasteiger partial charge in [-0.2, -0.15) is 0 Å². The van der Waals surface area contributed by atoms with Crippen molar-refractivity contribution < 1.29 is 9.47 Å². The van der Waals surface area contributed by atoms with E-state index >= 15 is 0 Å². The van der Waals surface area contributed by atoms with Crippen LogP contribution in [0.1, 0.15) is 11.9 Å². The lowest BCUT2D eigenvalue weighted by Gasteiger charge is -2.27. The molecule has 2 rings (SSSR count). The molecule has 3 heteroatoms. The van der Waals surface area contributed by atoms with E-state index in [1.54, 1.807) is 0 Å². The topological polar surface area (TPSA) is 18.5 Å². The summed E-state index contributed by atoms with van der Waals surface area (Å²) in [6, 6.07) is 7.50. The van der Waals surface area contributed by atoms with Crippen LogP contribution in [0, 0.1) is 0 Å². The lowest BCUT2D eigenvalue weighted by atomic mass is 10.2. The van der Waals surface area contributed by atoms with Crippen molar-refractivity contribution in [3.05, 3.63) is 34.9 Å². The quantitative estimate of drug-likeness (QED) is 0.644. The zero-order chi connectivity index (χ0) is 7.68. The summed E-state index contributed by atoms with van der Waals surface area (Å²) in [6.07, 6.45) is -0.247. The third-order valence-corrected chi connectivity index (χ3v) is 1.94. The summed E-state index contributed by atoms with van der Waals surface area (Å²) in [5.74, 6) is 0. The molecule has 0 atom stereocenters. The fourth-order valence-corrected chi connectivity index (χ4v) is 1.21. The average Bonchev–Trinajstić information content (AvgIpc) is 1.90. The van der Waals surface area contributed by atoms with Crippen molar-refractivity contribution in [2.75, 3.05) is 6.79 Å². The molecule has 1 fully saturated rings. The molecule has 2 nitrogen and oxygen atoms in total. The molecule has 0 N–H and O–H groups in total. The molecule has 1 aliphatic rings. The Kier molecular flexibility index (Phi) is 1.82. The van der Waals surface area contributed by atoms with Gasteiger partial charge in [-0.1, -0.05) is 29.8 Å². The molecule has 0 spiro atoms. The molecule has 1 aromatic carbocycles. The molecule has 0 radical (unpaired) electrons. The lowest BCUT2D eigenvalue weighted by Crippen LogP contribution is -2.22. The number of halogens is 1. The molecule has 0 amide bonds. The van der Waals surface area contributed by atoms with Gasteiger partial charge < -0.3 is 9.47 Å². The molecule has 0 unspecified atom stereocenters. The van der Waals surface area contributed by atoms with E-state index < -0.39 is 0 Å². The van der Waals surface area contributed by atoms with Gasteiger partial charge in [-0.3, -0.25) is 0 Å². The van der Waals surface area contributed by atoms with Crippen LogP contribution in [0.3, 0.4) is 0 Å². The first kappa shape index (κ1) is 7.10. The molecule has 0 bridgehead atoms. The molecular formula is C8H7ClO2. The van der Waals surface area contributed by atoms with Gasteiger partial charge in [0.25, 0.3) is 0 Å². The van der Waals surface area contributed by atoms with Crippen molar-refractivity contribution in [2.24, 2.45) is 0 Å². The van der Waals surface area contributed by atoms with Gasteiger partial charge in [0.05, 0.1) is 0 Å². The summed E-state index contributed by atoms with van der Waals surface area (Å²) in [5.41, 5.74) is 0.903. The van der Waals surface area contributed by atoms with E-state index in [9.17, 15) is 0 Å². The Morgan fingerprint density at radius 1 is 1.27 bits per heavy atom. The third kappa shape index (κ3) is 1.25. The smallest absolute Gasteiger partial charge is 0.190 e. The van der Waals surface area contributed by atoms with Crippen LogP contribution in [0.4, 0.5) is 0 Å². The molecule has 0 aliphatic carbocycles. The standard InChI is InChI=1S/C8H7ClO2/c9-7-4-2-1-3-6(7)8-10-5-11-8/h1-4,8H,5H2. The number of hydrogen-bond acceptors (Lipinski definition) is 2.